The number of aromatic hydroxyl groups is 1. The van der Waals surface area contributed by atoms with Gasteiger partial charge in [-0.05, 0) is 24.3 Å². The van der Waals surface area contributed by atoms with Crippen molar-refractivity contribution in [2.75, 3.05) is 18.4 Å². The Morgan fingerprint density at radius 2 is 2.00 bits per heavy atom. The Hall–Kier alpha value is -3.82. The zero-order valence-electron chi connectivity index (χ0n) is 13.8. The van der Waals surface area contributed by atoms with Crippen LogP contribution in [0.1, 0.15) is 10.4 Å². The molecule has 0 saturated carbocycles. The Morgan fingerprint density at radius 3 is 2.74 bits per heavy atom. The van der Waals surface area contributed by atoms with Gasteiger partial charge in [0.1, 0.15) is 12.1 Å². The summed E-state index contributed by atoms with van der Waals surface area (Å²) >= 11 is 0. The molecule has 3 N–H and O–H groups in total. The molecule has 0 saturated heterocycles. The first-order chi connectivity index (χ1) is 13.0. The van der Waals surface area contributed by atoms with Crippen molar-refractivity contribution in [1.29, 1.82) is 0 Å². The fraction of sp³-hybridized carbons (Fsp3) is 0.118. The first kappa shape index (κ1) is 18.0. The van der Waals surface area contributed by atoms with Crippen molar-refractivity contribution in [1.82, 2.24) is 15.3 Å². The maximum atomic E-state index is 13.0. The highest BCUT2D eigenvalue weighted by Crippen LogP contribution is 2.24. The molecular formula is C17H14FN5O4. The summed E-state index contributed by atoms with van der Waals surface area (Å²) in [6, 6.07) is 7.56. The number of nitro benzene ring substituents is 1. The maximum Gasteiger partial charge on any atom is 0.270 e. The first-order valence-corrected chi connectivity index (χ1v) is 7.85. The summed E-state index contributed by atoms with van der Waals surface area (Å²) in [6.07, 6.45) is 1.33. The largest absolute Gasteiger partial charge is 0.505 e. The number of amides is 1. The van der Waals surface area contributed by atoms with Gasteiger partial charge in [0.15, 0.2) is 11.6 Å². The van der Waals surface area contributed by atoms with E-state index in [0.717, 1.165) is 12.1 Å². The molecule has 0 bridgehead atoms. The van der Waals surface area contributed by atoms with Gasteiger partial charge in [-0.15, -0.1) is 0 Å². The van der Waals surface area contributed by atoms with Crippen LogP contribution in [-0.4, -0.2) is 39.0 Å². The molecule has 1 aromatic heterocycles. The number of anilines is 1. The average molecular weight is 371 g/mol. The predicted octanol–water partition coefficient (Wildman–Crippen LogP) is 2.22. The summed E-state index contributed by atoms with van der Waals surface area (Å²) in [7, 11) is 0. The van der Waals surface area contributed by atoms with Crippen LogP contribution in [0.3, 0.4) is 0 Å². The van der Waals surface area contributed by atoms with Gasteiger partial charge in [0.05, 0.1) is 10.4 Å². The highest BCUT2D eigenvalue weighted by molar-refractivity contribution is 5.94. The summed E-state index contributed by atoms with van der Waals surface area (Å²) in [5.74, 6) is -1.49. The minimum atomic E-state index is -0.807. The topological polar surface area (TPSA) is 130 Å². The van der Waals surface area contributed by atoms with Crippen LogP contribution >= 0.6 is 0 Å². The number of phenolic OH excluding ortho intramolecular Hbond substituents is 1. The molecule has 9 nitrogen and oxygen atoms in total. The lowest BCUT2D eigenvalue weighted by molar-refractivity contribution is -0.384. The van der Waals surface area contributed by atoms with E-state index < -0.39 is 22.4 Å². The number of fused-ring (bicyclic) bond motifs is 1. The van der Waals surface area contributed by atoms with Crippen molar-refractivity contribution >= 4 is 28.3 Å². The molecule has 3 aromatic rings. The Bertz CT molecular complexity index is 1030. The van der Waals surface area contributed by atoms with Gasteiger partial charge >= 0.3 is 0 Å². The highest BCUT2D eigenvalue weighted by Gasteiger charge is 2.11. The third-order valence-electron chi connectivity index (χ3n) is 3.74. The molecule has 0 aliphatic heterocycles. The van der Waals surface area contributed by atoms with E-state index in [0.29, 0.717) is 16.7 Å². The molecule has 0 aliphatic carbocycles. The summed E-state index contributed by atoms with van der Waals surface area (Å²) in [5, 5.41) is 26.3. The van der Waals surface area contributed by atoms with Crippen LogP contribution in [0.15, 0.2) is 42.7 Å². The number of carbonyl (C=O) groups is 1. The summed E-state index contributed by atoms with van der Waals surface area (Å²) in [6.45, 7) is 0.491. The predicted molar refractivity (Wildman–Crippen MR) is 95.1 cm³/mol. The molecule has 27 heavy (non-hydrogen) atoms. The molecule has 0 radical (unpaired) electrons. The van der Waals surface area contributed by atoms with E-state index >= 15 is 0 Å². The minimum Gasteiger partial charge on any atom is -0.505 e. The average Bonchev–Trinajstić information content (AvgIpc) is 2.66. The molecule has 0 fully saturated rings. The zero-order chi connectivity index (χ0) is 19.4. The normalized spacial score (nSPS) is 10.6. The van der Waals surface area contributed by atoms with Gasteiger partial charge in [-0.1, -0.05) is 0 Å². The zero-order valence-corrected chi connectivity index (χ0v) is 13.8. The number of nitro groups is 1. The van der Waals surface area contributed by atoms with E-state index in [1.54, 1.807) is 0 Å². The van der Waals surface area contributed by atoms with E-state index in [1.165, 1.54) is 30.6 Å². The van der Waals surface area contributed by atoms with E-state index in [9.17, 15) is 24.4 Å². The number of nitrogens with one attached hydrogen (secondary N) is 2. The Balaban J connectivity index is 1.63. The fourth-order valence-electron chi connectivity index (χ4n) is 2.41. The minimum absolute atomic E-state index is 0.0789. The van der Waals surface area contributed by atoms with Crippen molar-refractivity contribution in [3.63, 3.8) is 0 Å². The van der Waals surface area contributed by atoms with Gasteiger partial charge in [-0.3, -0.25) is 14.9 Å². The second kappa shape index (κ2) is 7.60. The van der Waals surface area contributed by atoms with Crippen LogP contribution < -0.4 is 10.6 Å². The molecule has 0 aliphatic rings. The van der Waals surface area contributed by atoms with Crippen LogP contribution in [0.2, 0.25) is 0 Å². The van der Waals surface area contributed by atoms with Crippen LogP contribution in [0.4, 0.5) is 15.9 Å². The number of phenols is 1. The highest BCUT2D eigenvalue weighted by atomic mass is 19.1. The number of benzene rings is 2. The summed E-state index contributed by atoms with van der Waals surface area (Å²) in [5.41, 5.74) is 0.589. The number of carbonyl (C=O) groups excluding carboxylic acids is 1. The molecule has 0 spiro atoms. The quantitative estimate of drug-likeness (QED) is 0.344. The smallest absolute Gasteiger partial charge is 0.270 e. The fourth-order valence-corrected chi connectivity index (χ4v) is 2.41. The Kier molecular flexibility index (Phi) is 5.06. The number of nitrogens with zero attached hydrogens (tertiary/aromatic N) is 3. The van der Waals surface area contributed by atoms with Crippen LogP contribution in [0.5, 0.6) is 5.75 Å². The Labute approximate surface area is 152 Å². The lowest BCUT2D eigenvalue weighted by Gasteiger charge is -2.09. The van der Waals surface area contributed by atoms with Gasteiger partial charge in [-0.2, -0.15) is 0 Å². The van der Waals surface area contributed by atoms with Gasteiger partial charge in [0.2, 0.25) is 0 Å². The molecule has 1 amide bonds. The number of hydrogen-bond donors (Lipinski definition) is 3. The second-order valence-electron chi connectivity index (χ2n) is 5.53. The van der Waals surface area contributed by atoms with E-state index in [2.05, 4.69) is 20.6 Å². The molecule has 2 aromatic carbocycles. The van der Waals surface area contributed by atoms with Crippen molar-refractivity contribution in [2.24, 2.45) is 0 Å². The van der Waals surface area contributed by atoms with E-state index in [4.69, 9.17) is 0 Å². The lowest BCUT2D eigenvalue weighted by atomic mass is 10.2. The maximum absolute atomic E-state index is 13.0. The van der Waals surface area contributed by atoms with Gasteiger partial charge in [0, 0.05) is 36.2 Å². The number of hydrogen-bond acceptors (Lipinski definition) is 7. The van der Waals surface area contributed by atoms with Gasteiger partial charge in [0.25, 0.3) is 11.6 Å². The molecule has 0 unspecified atom stereocenters. The van der Waals surface area contributed by atoms with E-state index in [1.807, 2.05) is 0 Å². The van der Waals surface area contributed by atoms with E-state index in [-0.39, 0.29) is 24.3 Å². The second-order valence-corrected chi connectivity index (χ2v) is 5.53. The number of halogens is 1. The SMILES string of the molecule is O=C(NCCNc1ncnc2ccc([N+](=O)[O-])cc12)c1ccc(F)c(O)c1. The number of aromatic nitrogens is 2. The molecule has 1 heterocycles. The molecule has 138 valence electrons. The molecule has 3 rings (SSSR count). The van der Waals surface area contributed by atoms with Gasteiger partial charge in [-0.25, -0.2) is 14.4 Å². The van der Waals surface area contributed by atoms with Crippen LogP contribution in [-0.2, 0) is 0 Å². The van der Waals surface area contributed by atoms with Crippen LogP contribution in [0, 0.1) is 15.9 Å². The van der Waals surface area contributed by atoms with Crippen molar-refractivity contribution in [2.45, 2.75) is 0 Å². The third-order valence-corrected chi connectivity index (χ3v) is 3.74. The lowest BCUT2D eigenvalue weighted by Crippen LogP contribution is -2.28. The van der Waals surface area contributed by atoms with Crippen molar-refractivity contribution in [3.05, 3.63) is 64.2 Å². The summed E-state index contributed by atoms with van der Waals surface area (Å²) < 4.78 is 13.0. The Morgan fingerprint density at radius 1 is 1.19 bits per heavy atom. The summed E-state index contributed by atoms with van der Waals surface area (Å²) in [4.78, 5) is 30.5. The molecule has 10 heteroatoms. The van der Waals surface area contributed by atoms with Crippen molar-refractivity contribution < 1.29 is 19.2 Å². The molecule has 0 atom stereocenters. The standard InChI is InChI=1S/C17H14FN5O4/c18-13-3-1-10(7-15(13)24)17(25)20-6-5-19-16-12-8-11(23(26)27)2-4-14(12)21-9-22-16/h1-4,7-9,24H,5-6H2,(H,20,25)(H,19,21,22). The monoisotopic (exact) mass is 371 g/mol. The van der Waals surface area contributed by atoms with Gasteiger partial charge < -0.3 is 15.7 Å². The third kappa shape index (κ3) is 4.06. The number of rotatable bonds is 6. The van der Waals surface area contributed by atoms with Crippen molar-refractivity contribution in [3.8, 4) is 5.75 Å². The van der Waals surface area contributed by atoms with Crippen LogP contribution in [0.25, 0.3) is 10.9 Å². The number of non-ortho nitro benzene ring substituents is 1. The molecular weight excluding hydrogens is 357 g/mol. The first-order valence-electron chi connectivity index (χ1n) is 7.85.